The molecule has 0 radical (unpaired) electrons. The van der Waals surface area contributed by atoms with Crippen molar-refractivity contribution in [2.75, 3.05) is 6.54 Å². The molecule has 0 amide bonds. The molecule has 1 saturated carbocycles. The van der Waals surface area contributed by atoms with Crippen molar-refractivity contribution in [3.63, 3.8) is 0 Å². The average Bonchev–Trinajstić information content (AvgIpc) is 2.21. The molecule has 0 spiro atoms. The quantitative estimate of drug-likeness (QED) is 0.847. The van der Waals surface area contributed by atoms with Gasteiger partial charge in [0.05, 0.1) is 0 Å². The first-order valence-corrected chi connectivity index (χ1v) is 6.12. The summed E-state index contributed by atoms with van der Waals surface area (Å²) in [5.41, 5.74) is 1.28. The van der Waals surface area contributed by atoms with Gasteiger partial charge in [0.1, 0.15) is 5.82 Å². The van der Waals surface area contributed by atoms with E-state index in [1.807, 2.05) is 0 Å². The number of nitrogens with one attached hydrogen (secondary N) is 1. The molecule has 3 heteroatoms. The Morgan fingerprint density at radius 1 is 1.44 bits per heavy atom. The van der Waals surface area contributed by atoms with Crippen LogP contribution in [-0.2, 0) is 6.54 Å². The van der Waals surface area contributed by atoms with Crippen LogP contribution in [0.4, 0.5) is 4.39 Å². The van der Waals surface area contributed by atoms with Gasteiger partial charge in [-0.3, -0.25) is 0 Å². The summed E-state index contributed by atoms with van der Waals surface area (Å²) >= 11 is 5.99. The van der Waals surface area contributed by atoms with Crippen molar-refractivity contribution in [2.24, 2.45) is 5.41 Å². The highest BCUT2D eigenvalue weighted by Gasteiger charge is 2.30. The Balaban J connectivity index is 1.87. The summed E-state index contributed by atoms with van der Waals surface area (Å²) in [5, 5.41) is 3.99. The molecule has 1 N–H and O–H groups in total. The zero-order valence-electron chi connectivity index (χ0n) is 9.52. The molecule has 88 valence electrons. The van der Waals surface area contributed by atoms with Crippen molar-refractivity contribution in [3.05, 3.63) is 34.6 Å². The highest BCUT2D eigenvalue weighted by atomic mass is 35.5. The van der Waals surface area contributed by atoms with Crippen LogP contribution in [0, 0.1) is 11.2 Å². The average molecular weight is 242 g/mol. The van der Waals surface area contributed by atoms with Gasteiger partial charge in [0, 0.05) is 18.1 Å². The van der Waals surface area contributed by atoms with Gasteiger partial charge in [-0.2, -0.15) is 0 Å². The van der Waals surface area contributed by atoms with Gasteiger partial charge in [-0.15, -0.1) is 0 Å². The third kappa shape index (κ3) is 2.74. The Hall–Kier alpha value is -0.600. The van der Waals surface area contributed by atoms with Gasteiger partial charge in [0.2, 0.25) is 0 Å². The number of hydrogen-bond acceptors (Lipinski definition) is 1. The highest BCUT2D eigenvalue weighted by molar-refractivity contribution is 6.31. The summed E-state index contributed by atoms with van der Waals surface area (Å²) in [7, 11) is 0. The summed E-state index contributed by atoms with van der Waals surface area (Å²) in [6.07, 6.45) is 3.91. The topological polar surface area (TPSA) is 12.0 Å². The molecule has 1 aliphatic carbocycles. The fraction of sp³-hybridized carbons (Fsp3) is 0.538. The first kappa shape index (κ1) is 11.9. The molecule has 0 atom stereocenters. The lowest BCUT2D eigenvalue weighted by Gasteiger charge is -2.38. The summed E-state index contributed by atoms with van der Waals surface area (Å²) in [5.74, 6) is -0.226. The molecule has 2 rings (SSSR count). The summed E-state index contributed by atoms with van der Waals surface area (Å²) in [6, 6.07) is 4.50. The molecular formula is C13H17ClFN. The van der Waals surface area contributed by atoms with E-state index in [4.69, 9.17) is 11.6 Å². The molecule has 0 aromatic heterocycles. The third-order valence-corrected chi connectivity index (χ3v) is 3.80. The fourth-order valence-corrected chi connectivity index (χ4v) is 2.32. The standard InChI is InChI=1S/C13H17ClFN/c1-13(5-2-6-13)9-16-8-10-7-11(15)3-4-12(10)14/h3-4,7,16H,2,5-6,8-9H2,1H3. The molecule has 0 bridgehead atoms. The van der Waals surface area contributed by atoms with Gasteiger partial charge in [0.25, 0.3) is 0 Å². The van der Waals surface area contributed by atoms with E-state index in [0.717, 1.165) is 12.1 Å². The van der Waals surface area contributed by atoms with Crippen LogP contribution < -0.4 is 5.32 Å². The molecule has 1 aromatic rings. The zero-order chi connectivity index (χ0) is 11.6. The molecule has 1 aromatic carbocycles. The number of benzene rings is 1. The second kappa shape index (κ2) is 4.72. The minimum absolute atomic E-state index is 0.226. The van der Waals surface area contributed by atoms with Crippen LogP contribution in [0.1, 0.15) is 31.7 Å². The van der Waals surface area contributed by atoms with Crippen LogP contribution in [0.5, 0.6) is 0 Å². The normalized spacial score (nSPS) is 18.2. The van der Waals surface area contributed by atoms with Gasteiger partial charge in [-0.1, -0.05) is 24.9 Å². The van der Waals surface area contributed by atoms with Crippen LogP contribution in [0.2, 0.25) is 5.02 Å². The fourth-order valence-electron chi connectivity index (χ4n) is 2.13. The summed E-state index contributed by atoms with van der Waals surface area (Å²) in [4.78, 5) is 0. The molecule has 0 saturated heterocycles. The van der Waals surface area contributed by atoms with E-state index in [1.165, 1.54) is 31.4 Å². The molecule has 1 nitrogen and oxygen atoms in total. The van der Waals surface area contributed by atoms with Crippen molar-refractivity contribution >= 4 is 11.6 Å². The Bertz CT molecular complexity index is 374. The number of halogens is 2. The van der Waals surface area contributed by atoms with E-state index < -0.39 is 0 Å². The Morgan fingerprint density at radius 2 is 2.19 bits per heavy atom. The lowest BCUT2D eigenvalue weighted by atomic mass is 9.70. The minimum atomic E-state index is -0.226. The molecule has 1 aliphatic rings. The number of hydrogen-bond donors (Lipinski definition) is 1. The molecular weight excluding hydrogens is 225 g/mol. The Labute approximate surface area is 101 Å². The predicted octanol–water partition coefficient (Wildman–Crippen LogP) is 3.76. The minimum Gasteiger partial charge on any atom is -0.312 e. The molecule has 0 aliphatic heterocycles. The zero-order valence-corrected chi connectivity index (χ0v) is 10.3. The predicted molar refractivity (Wildman–Crippen MR) is 65.1 cm³/mol. The van der Waals surface area contributed by atoms with Crippen molar-refractivity contribution < 1.29 is 4.39 Å². The van der Waals surface area contributed by atoms with Gasteiger partial charge in [-0.25, -0.2) is 4.39 Å². The smallest absolute Gasteiger partial charge is 0.123 e. The lowest BCUT2D eigenvalue weighted by molar-refractivity contribution is 0.156. The van der Waals surface area contributed by atoms with Crippen molar-refractivity contribution in [2.45, 2.75) is 32.7 Å². The van der Waals surface area contributed by atoms with Crippen LogP contribution in [0.3, 0.4) is 0 Å². The highest BCUT2D eigenvalue weighted by Crippen LogP contribution is 2.39. The maximum atomic E-state index is 13.0. The molecule has 1 fully saturated rings. The van der Waals surface area contributed by atoms with Crippen LogP contribution in [0.15, 0.2) is 18.2 Å². The van der Waals surface area contributed by atoms with Crippen molar-refractivity contribution in [3.8, 4) is 0 Å². The van der Waals surface area contributed by atoms with Gasteiger partial charge in [-0.05, 0) is 42.0 Å². The second-order valence-corrected chi connectivity index (χ2v) is 5.41. The SMILES string of the molecule is CC1(CNCc2cc(F)ccc2Cl)CCC1. The summed E-state index contributed by atoms with van der Waals surface area (Å²) in [6.45, 7) is 3.92. The molecule has 16 heavy (non-hydrogen) atoms. The Morgan fingerprint density at radius 3 is 2.81 bits per heavy atom. The van der Waals surface area contributed by atoms with Crippen LogP contribution >= 0.6 is 11.6 Å². The van der Waals surface area contributed by atoms with Gasteiger partial charge >= 0.3 is 0 Å². The van der Waals surface area contributed by atoms with E-state index in [9.17, 15) is 4.39 Å². The van der Waals surface area contributed by atoms with Crippen molar-refractivity contribution in [1.82, 2.24) is 5.32 Å². The first-order chi connectivity index (χ1) is 7.59. The van der Waals surface area contributed by atoms with E-state index in [1.54, 1.807) is 6.07 Å². The van der Waals surface area contributed by atoms with Crippen LogP contribution in [0.25, 0.3) is 0 Å². The second-order valence-electron chi connectivity index (χ2n) is 5.00. The maximum absolute atomic E-state index is 13.0. The maximum Gasteiger partial charge on any atom is 0.123 e. The van der Waals surface area contributed by atoms with Gasteiger partial charge < -0.3 is 5.32 Å². The van der Waals surface area contributed by atoms with Crippen LogP contribution in [-0.4, -0.2) is 6.54 Å². The van der Waals surface area contributed by atoms with Gasteiger partial charge in [0.15, 0.2) is 0 Å². The van der Waals surface area contributed by atoms with E-state index in [0.29, 0.717) is 17.0 Å². The molecule has 0 unspecified atom stereocenters. The monoisotopic (exact) mass is 241 g/mol. The van der Waals surface area contributed by atoms with E-state index in [-0.39, 0.29) is 5.82 Å². The van der Waals surface area contributed by atoms with E-state index >= 15 is 0 Å². The Kier molecular flexibility index (Phi) is 3.50. The van der Waals surface area contributed by atoms with Crippen molar-refractivity contribution in [1.29, 1.82) is 0 Å². The largest absolute Gasteiger partial charge is 0.312 e. The number of rotatable bonds is 4. The summed E-state index contributed by atoms with van der Waals surface area (Å²) < 4.78 is 13.0. The van der Waals surface area contributed by atoms with E-state index in [2.05, 4.69) is 12.2 Å². The lowest BCUT2D eigenvalue weighted by Crippen LogP contribution is -2.37. The molecule has 0 heterocycles. The first-order valence-electron chi connectivity index (χ1n) is 5.74. The third-order valence-electron chi connectivity index (χ3n) is 3.44.